The predicted molar refractivity (Wildman–Crippen MR) is 70.8 cm³/mol. The Morgan fingerprint density at radius 2 is 2.21 bits per heavy atom. The average Bonchev–Trinajstić information content (AvgIpc) is 2.34. The van der Waals surface area contributed by atoms with E-state index in [1.54, 1.807) is 0 Å². The van der Waals surface area contributed by atoms with Crippen molar-refractivity contribution in [3.8, 4) is 5.75 Å². The molecule has 0 radical (unpaired) electrons. The lowest BCUT2D eigenvalue weighted by atomic mass is 10.3. The van der Waals surface area contributed by atoms with E-state index in [0.29, 0.717) is 0 Å². The van der Waals surface area contributed by atoms with E-state index in [1.807, 2.05) is 13.8 Å². The van der Waals surface area contributed by atoms with Crippen LogP contribution in [-0.4, -0.2) is 41.7 Å². The first-order valence-corrected chi connectivity index (χ1v) is 6.31. The van der Waals surface area contributed by atoms with Crippen LogP contribution in [0.25, 0.3) is 0 Å². The van der Waals surface area contributed by atoms with Gasteiger partial charge in [-0.05, 0) is 32.0 Å². The summed E-state index contributed by atoms with van der Waals surface area (Å²) in [7, 11) is 0. The zero-order chi connectivity index (χ0) is 14.4. The Labute approximate surface area is 116 Å². The Hall–Kier alpha value is -1.33. The van der Waals surface area contributed by atoms with Crippen molar-refractivity contribution in [1.82, 2.24) is 4.90 Å². The first-order chi connectivity index (χ1) is 8.95. The van der Waals surface area contributed by atoms with Crippen LogP contribution in [0.15, 0.2) is 18.2 Å². The largest absolute Gasteiger partial charge is 0.482 e. The van der Waals surface area contributed by atoms with Crippen molar-refractivity contribution >= 4 is 17.5 Å². The molecule has 1 rings (SSSR count). The molecule has 1 aromatic carbocycles. The fourth-order valence-electron chi connectivity index (χ4n) is 1.59. The van der Waals surface area contributed by atoms with Crippen molar-refractivity contribution in [2.45, 2.75) is 19.9 Å². The first kappa shape index (κ1) is 15.7. The molecule has 4 nitrogen and oxygen atoms in total. The van der Waals surface area contributed by atoms with E-state index in [2.05, 4.69) is 0 Å². The quantitative estimate of drug-likeness (QED) is 0.872. The highest BCUT2D eigenvalue weighted by Crippen LogP contribution is 2.24. The SMILES string of the molecule is CC(C)N(CCO)C(=O)COc1ccc(F)cc1Cl. The summed E-state index contributed by atoms with van der Waals surface area (Å²) in [6.07, 6.45) is 0. The third-order valence-electron chi connectivity index (χ3n) is 2.53. The van der Waals surface area contributed by atoms with Gasteiger partial charge in [-0.2, -0.15) is 0 Å². The molecule has 106 valence electrons. The second kappa shape index (κ2) is 7.31. The van der Waals surface area contributed by atoms with Gasteiger partial charge in [-0.25, -0.2) is 4.39 Å². The monoisotopic (exact) mass is 289 g/mol. The smallest absolute Gasteiger partial charge is 0.260 e. The van der Waals surface area contributed by atoms with Crippen LogP contribution in [0.3, 0.4) is 0 Å². The number of halogens is 2. The minimum Gasteiger partial charge on any atom is -0.482 e. The number of aliphatic hydroxyl groups is 1. The number of nitrogens with zero attached hydrogens (tertiary/aromatic N) is 1. The molecule has 1 aromatic rings. The normalized spacial score (nSPS) is 10.6. The zero-order valence-corrected chi connectivity index (χ0v) is 11.7. The van der Waals surface area contributed by atoms with Crippen molar-refractivity contribution in [2.24, 2.45) is 0 Å². The van der Waals surface area contributed by atoms with Crippen LogP contribution >= 0.6 is 11.6 Å². The fraction of sp³-hybridized carbons (Fsp3) is 0.462. The standard InChI is InChI=1S/C13H17ClFNO3/c1-9(2)16(5-6-17)13(18)8-19-12-4-3-10(15)7-11(12)14/h3-4,7,9,17H,5-6,8H2,1-2H3. The molecule has 0 aromatic heterocycles. The summed E-state index contributed by atoms with van der Waals surface area (Å²) >= 11 is 5.79. The molecule has 0 unspecified atom stereocenters. The van der Waals surface area contributed by atoms with E-state index in [-0.39, 0.29) is 42.5 Å². The highest BCUT2D eigenvalue weighted by atomic mass is 35.5. The molecular formula is C13H17ClFNO3. The molecule has 6 heteroatoms. The van der Waals surface area contributed by atoms with E-state index < -0.39 is 5.82 Å². The summed E-state index contributed by atoms with van der Waals surface area (Å²) in [5.41, 5.74) is 0. The molecule has 1 amide bonds. The Balaban J connectivity index is 2.62. The van der Waals surface area contributed by atoms with Crippen LogP contribution in [0.5, 0.6) is 5.75 Å². The van der Waals surface area contributed by atoms with E-state index in [4.69, 9.17) is 21.4 Å². The van der Waals surface area contributed by atoms with Crippen molar-refractivity contribution in [1.29, 1.82) is 0 Å². The van der Waals surface area contributed by atoms with Gasteiger partial charge in [-0.3, -0.25) is 4.79 Å². The molecule has 1 N–H and O–H groups in total. The Bertz CT molecular complexity index is 440. The Morgan fingerprint density at radius 3 is 2.74 bits per heavy atom. The maximum atomic E-state index is 12.8. The molecule has 0 fully saturated rings. The maximum absolute atomic E-state index is 12.8. The van der Waals surface area contributed by atoms with Crippen LogP contribution in [0, 0.1) is 5.82 Å². The Kier molecular flexibility index (Phi) is 6.05. The van der Waals surface area contributed by atoms with Crippen LogP contribution in [0.1, 0.15) is 13.8 Å². The highest BCUT2D eigenvalue weighted by molar-refractivity contribution is 6.32. The molecule has 0 atom stereocenters. The lowest BCUT2D eigenvalue weighted by Crippen LogP contribution is -2.41. The van der Waals surface area contributed by atoms with Crippen molar-refractivity contribution in [3.05, 3.63) is 29.0 Å². The highest BCUT2D eigenvalue weighted by Gasteiger charge is 2.17. The van der Waals surface area contributed by atoms with Crippen LogP contribution in [0.4, 0.5) is 4.39 Å². The molecule has 0 heterocycles. The van der Waals surface area contributed by atoms with E-state index >= 15 is 0 Å². The van der Waals surface area contributed by atoms with E-state index in [9.17, 15) is 9.18 Å². The van der Waals surface area contributed by atoms with Crippen LogP contribution < -0.4 is 4.74 Å². The molecule has 0 spiro atoms. The van der Waals surface area contributed by atoms with Gasteiger partial charge in [0.2, 0.25) is 0 Å². The number of benzene rings is 1. The molecule has 0 bridgehead atoms. The van der Waals surface area contributed by atoms with Gasteiger partial charge in [0.15, 0.2) is 6.61 Å². The molecular weight excluding hydrogens is 273 g/mol. The van der Waals surface area contributed by atoms with Gasteiger partial charge in [0.1, 0.15) is 11.6 Å². The van der Waals surface area contributed by atoms with Crippen molar-refractivity contribution in [2.75, 3.05) is 19.8 Å². The third kappa shape index (κ3) is 4.69. The van der Waals surface area contributed by atoms with Gasteiger partial charge in [-0.1, -0.05) is 11.6 Å². The van der Waals surface area contributed by atoms with E-state index in [0.717, 1.165) is 6.07 Å². The number of amides is 1. The number of hydrogen-bond donors (Lipinski definition) is 1. The summed E-state index contributed by atoms with van der Waals surface area (Å²) in [5, 5.41) is 9.01. The zero-order valence-electron chi connectivity index (χ0n) is 10.9. The van der Waals surface area contributed by atoms with Crippen molar-refractivity contribution in [3.63, 3.8) is 0 Å². The summed E-state index contributed by atoms with van der Waals surface area (Å²) in [6.45, 7) is 3.62. The van der Waals surface area contributed by atoms with Crippen molar-refractivity contribution < 1.29 is 19.0 Å². The van der Waals surface area contributed by atoms with Crippen LogP contribution in [0.2, 0.25) is 5.02 Å². The van der Waals surface area contributed by atoms with Gasteiger partial charge in [0.05, 0.1) is 11.6 Å². The van der Waals surface area contributed by atoms with Gasteiger partial charge in [0, 0.05) is 12.6 Å². The summed E-state index contributed by atoms with van der Waals surface area (Å²) in [6, 6.07) is 3.66. The van der Waals surface area contributed by atoms with Gasteiger partial charge in [0.25, 0.3) is 5.91 Å². The molecule has 0 aliphatic heterocycles. The number of rotatable bonds is 6. The minimum atomic E-state index is -0.465. The topological polar surface area (TPSA) is 49.8 Å². The second-order valence-corrected chi connectivity index (χ2v) is 4.68. The minimum absolute atomic E-state index is 0.0352. The first-order valence-electron chi connectivity index (χ1n) is 5.94. The van der Waals surface area contributed by atoms with Gasteiger partial charge < -0.3 is 14.7 Å². The lowest BCUT2D eigenvalue weighted by molar-refractivity contribution is -0.135. The molecule has 0 aliphatic carbocycles. The van der Waals surface area contributed by atoms with E-state index in [1.165, 1.54) is 17.0 Å². The van der Waals surface area contributed by atoms with Gasteiger partial charge in [-0.15, -0.1) is 0 Å². The number of hydrogen-bond acceptors (Lipinski definition) is 3. The molecule has 0 aliphatic rings. The lowest BCUT2D eigenvalue weighted by Gasteiger charge is -2.25. The summed E-state index contributed by atoms with van der Waals surface area (Å²) in [4.78, 5) is 13.4. The molecule has 19 heavy (non-hydrogen) atoms. The Morgan fingerprint density at radius 1 is 1.53 bits per heavy atom. The number of ether oxygens (including phenoxy) is 1. The molecule has 0 saturated heterocycles. The third-order valence-corrected chi connectivity index (χ3v) is 2.83. The number of carbonyl (C=O) groups is 1. The predicted octanol–water partition coefficient (Wildman–Crippen LogP) is 2.09. The average molecular weight is 290 g/mol. The fourth-order valence-corrected chi connectivity index (χ4v) is 1.82. The molecule has 0 saturated carbocycles. The van der Waals surface area contributed by atoms with Gasteiger partial charge >= 0.3 is 0 Å². The summed E-state index contributed by atoms with van der Waals surface area (Å²) < 4.78 is 18.1. The van der Waals surface area contributed by atoms with Crippen LogP contribution in [-0.2, 0) is 4.79 Å². The summed E-state index contributed by atoms with van der Waals surface area (Å²) in [5.74, 6) is -0.471. The second-order valence-electron chi connectivity index (χ2n) is 4.27. The number of carbonyl (C=O) groups excluding carboxylic acids is 1. The maximum Gasteiger partial charge on any atom is 0.260 e. The number of aliphatic hydroxyl groups excluding tert-OH is 1.